The Balaban J connectivity index is 2.32. The Bertz CT molecular complexity index is 1010. The van der Waals surface area contributed by atoms with E-state index in [1.807, 2.05) is 40.7 Å². The Labute approximate surface area is 180 Å². The van der Waals surface area contributed by atoms with Crippen molar-refractivity contribution < 1.29 is 18.3 Å². The number of nitrogens with zero attached hydrogens (tertiary/aromatic N) is 1. The van der Waals surface area contributed by atoms with Gasteiger partial charge in [-0.3, -0.25) is 9.52 Å². The summed E-state index contributed by atoms with van der Waals surface area (Å²) in [6.45, 7) is 12.3. The average molecular weight is 433 g/mol. The van der Waals surface area contributed by atoms with E-state index >= 15 is 0 Å². The topological polar surface area (TPSA) is 86.7 Å². The second-order valence-electron chi connectivity index (χ2n) is 8.46. The molecule has 2 aromatic carbocycles. The molecule has 0 radical (unpaired) electrons. The van der Waals surface area contributed by atoms with E-state index in [0.717, 1.165) is 11.1 Å². The van der Waals surface area contributed by atoms with E-state index in [1.54, 1.807) is 37.3 Å². The van der Waals surface area contributed by atoms with Gasteiger partial charge in [0.25, 0.3) is 15.9 Å². The molecule has 2 N–H and O–H groups in total. The second kappa shape index (κ2) is 9.18. The van der Waals surface area contributed by atoms with Gasteiger partial charge in [0.1, 0.15) is 0 Å². The quantitative estimate of drug-likeness (QED) is 0.696. The van der Waals surface area contributed by atoms with Crippen LogP contribution in [0.1, 0.15) is 54.7 Å². The van der Waals surface area contributed by atoms with Crippen molar-refractivity contribution in [1.29, 1.82) is 0 Å². The zero-order valence-corrected chi connectivity index (χ0v) is 19.4. The van der Waals surface area contributed by atoms with Crippen LogP contribution in [0.25, 0.3) is 0 Å². The van der Waals surface area contributed by atoms with Gasteiger partial charge in [-0.15, -0.1) is 0 Å². The minimum atomic E-state index is -3.79. The van der Waals surface area contributed by atoms with E-state index in [9.17, 15) is 13.2 Å². The molecule has 0 bridgehead atoms. The predicted octanol–water partition coefficient (Wildman–Crippen LogP) is 3.86. The number of amides is 1. The molecule has 6 nitrogen and oxygen atoms in total. The smallest absolute Gasteiger partial charge is 0.262 e. The van der Waals surface area contributed by atoms with Crippen molar-refractivity contribution in [3.63, 3.8) is 0 Å². The van der Waals surface area contributed by atoms with Gasteiger partial charge in [0, 0.05) is 24.3 Å². The third-order valence-electron chi connectivity index (χ3n) is 5.20. The van der Waals surface area contributed by atoms with Crippen LogP contribution in [0.3, 0.4) is 0 Å². The molecule has 0 aliphatic heterocycles. The summed E-state index contributed by atoms with van der Waals surface area (Å²) in [5.41, 5.74) is 3.24. The number of likely N-dealkylation sites (N-methyl/N-ethyl adjacent to an activating group) is 1. The second-order valence-corrected chi connectivity index (χ2v) is 10.1. The van der Waals surface area contributed by atoms with E-state index in [2.05, 4.69) is 4.72 Å². The van der Waals surface area contributed by atoms with Gasteiger partial charge in [-0.25, -0.2) is 8.42 Å². The first-order valence-electron chi connectivity index (χ1n) is 10.1. The first kappa shape index (κ1) is 23.9. The summed E-state index contributed by atoms with van der Waals surface area (Å²) in [6.07, 6.45) is 0. The maximum absolute atomic E-state index is 13.1. The van der Waals surface area contributed by atoms with Gasteiger partial charge in [-0.05, 0) is 73.2 Å². The molecule has 0 saturated carbocycles. The zero-order valence-electron chi connectivity index (χ0n) is 18.6. The number of sulfonamides is 1. The molecule has 0 aliphatic carbocycles. The average Bonchev–Trinajstić information content (AvgIpc) is 2.66. The lowest BCUT2D eigenvalue weighted by Crippen LogP contribution is -2.33. The maximum atomic E-state index is 13.1. The fraction of sp³-hybridized carbons (Fsp3) is 0.435. The minimum absolute atomic E-state index is 0.107. The molecule has 1 amide bonds. The molecule has 0 aliphatic rings. The lowest BCUT2D eigenvalue weighted by atomic mass is 9.85. The number of carbonyl (C=O) groups is 1. The van der Waals surface area contributed by atoms with Crippen molar-refractivity contribution in [1.82, 2.24) is 4.90 Å². The monoisotopic (exact) mass is 432 g/mol. The number of aliphatic hydroxyl groups is 1. The summed E-state index contributed by atoms with van der Waals surface area (Å²) < 4.78 is 28.8. The Morgan fingerprint density at radius 1 is 1.10 bits per heavy atom. The number of hydrogen-bond acceptors (Lipinski definition) is 4. The molecule has 164 valence electrons. The van der Waals surface area contributed by atoms with Crippen LogP contribution < -0.4 is 4.72 Å². The Morgan fingerprint density at radius 2 is 1.70 bits per heavy atom. The van der Waals surface area contributed by atoms with E-state index in [-0.39, 0.29) is 29.4 Å². The van der Waals surface area contributed by atoms with Crippen LogP contribution in [0.15, 0.2) is 41.3 Å². The highest BCUT2D eigenvalue weighted by Crippen LogP contribution is 2.30. The molecule has 2 rings (SSSR count). The number of rotatable bonds is 7. The highest BCUT2D eigenvalue weighted by Gasteiger charge is 2.23. The lowest BCUT2D eigenvalue weighted by molar-refractivity contribution is 0.0732. The highest BCUT2D eigenvalue weighted by molar-refractivity contribution is 7.92. The Morgan fingerprint density at radius 3 is 2.20 bits per heavy atom. The molecule has 0 heterocycles. The molecular weight excluding hydrogens is 400 g/mol. The van der Waals surface area contributed by atoms with Gasteiger partial charge in [0.05, 0.1) is 11.5 Å². The summed E-state index contributed by atoms with van der Waals surface area (Å²) in [4.78, 5) is 14.3. The van der Waals surface area contributed by atoms with Crippen molar-refractivity contribution in [2.75, 3.05) is 24.4 Å². The number of carbonyl (C=O) groups excluding carboxylic acids is 1. The molecule has 0 unspecified atom stereocenters. The van der Waals surface area contributed by atoms with Gasteiger partial charge in [-0.2, -0.15) is 0 Å². The molecule has 0 saturated heterocycles. The normalized spacial score (nSPS) is 12.0. The first-order chi connectivity index (χ1) is 13.9. The molecule has 7 heteroatoms. The molecule has 0 aromatic heterocycles. The summed E-state index contributed by atoms with van der Waals surface area (Å²) >= 11 is 0. The SMILES string of the molecule is CCN(CCO)C(=O)c1ccc(NS(=O)(=O)c2cc(C(C)(C)C)cc(C)c2C)cc1. The van der Waals surface area contributed by atoms with Gasteiger partial charge < -0.3 is 10.0 Å². The Kier molecular flexibility index (Phi) is 7.31. The van der Waals surface area contributed by atoms with E-state index < -0.39 is 10.0 Å². The van der Waals surface area contributed by atoms with Crippen molar-refractivity contribution in [2.45, 2.75) is 51.9 Å². The standard InChI is InChI=1S/C23H32N2O4S/c1-7-25(12-13-26)22(27)18-8-10-20(11-9-18)24-30(28,29)21-15-19(23(4,5)6)14-16(2)17(21)3/h8-11,14-15,24,26H,7,12-13H2,1-6H3. The fourth-order valence-corrected chi connectivity index (χ4v) is 4.54. The summed E-state index contributed by atoms with van der Waals surface area (Å²) in [5.74, 6) is -0.203. The van der Waals surface area contributed by atoms with Crippen LogP contribution >= 0.6 is 0 Å². The molecule has 0 spiro atoms. The predicted molar refractivity (Wildman–Crippen MR) is 121 cm³/mol. The van der Waals surface area contributed by atoms with Crippen molar-refractivity contribution >= 4 is 21.6 Å². The molecular formula is C23H32N2O4S. The number of hydrogen-bond donors (Lipinski definition) is 2. The van der Waals surface area contributed by atoms with E-state index in [1.165, 1.54) is 4.90 Å². The van der Waals surface area contributed by atoms with Crippen LogP contribution in [0.4, 0.5) is 5.69 Å². The van der Waals surface area contributed by atoms with Gasteiger partial charge in [0.2, 0.25) is 0 Å². The van der Waals surface area contributed by atoms with Crippen LogP contribution in [0, 0.1) is 13.8 Å². The maximum Gasteiger partial charge on any atom is 0.262 e. The Hall–Kier alpha value is -2.38. The lowest BCUT2D eigenvalue weighted by Gasteiger charge is -2.22. The van der Waals surface area contributed by atoms with Crippen molar-refractivity contribution in [3.8, 4) is 0 Å². The summed E-state index contributed by atoms with van der Waals surface area (Å²) in [5, 5.41) is 9.08. The van der Waals surface area contributed by atoms with Crippen LogP contribution in [-0.2, 0) is 15.4 Å². The van der Waals surface area contributed by atoms with E-state index in [4.69, 9.17) is 5.11 Å². The van der Waals surface area contributed by atoms with Crippen LogP contribution in [0.5, 0.6) is 0 Å². The number of anilines is 1. The number of aliphatic hydroxyl groups excluding tert-OH is 1. The number of aryl methyl sites for hydroxylation is 1. The molecule has 0 fully saturated rings. The summed E-state index contributed by atoms with van der Waals surface area (Å²) in [6, 6.07) is 10.1. The minimum Gasteiger partial charge on any atom is -0.395 e. The van der Waals surface area contributed by atoms with Crippen molar-refractivity contribution in [2.24, 2.45) is 0 Å². The van der Waals surface area contributed by atoms with E-state index in [0.29, 0.717) is 23.4 Å². The van der Waals surface area contributed by atoms with Crippen molar-refractivity contribution in [3.05, 3.63) is 58.7 Å². The zero-order chi connectivity index (χ0) is 22.7. The van der Waals surface area contributed by atoms with Crippen LogP contribution in [0.2, 0.25) is 0 Å². The fourth-order valence-electron chi connectivity index (χ4n) is 3.14. The third kappa shape index (κ3) is 5.40. The van der Waals surface area contributed by atoms with Gasteiger partial charge in [-0.1, -0.05) is 26.8 Å². The molecule has 2 aromatic rings. The molecule has 30 heavy (non-hydrogen) atoms. The highest BCUT2D eigenvalue weighted by atomic mass is 32.2. The van der Waals surface area contributed by atoms with Gasteiger partial charge in [0.15, 0.2) is 0 Å². The number of benzene rings is 2. The number of nitrogens with one attached hydrogen (secondary N) is 1. The van der Waals surface area contributed by atoms with Crippen LogP contribution in [-0.4, -0.2) is 44.0 Å². The third-order valence-corrected chi connectivity index (χ3v) is 6.71. The van der Waals surface area contributed by atoms with Gasteiger partial charge >= 0.3 is 0 Å². The molecule has 0 atom stereocenters. The first-order valence-corrected chi connectivity index (χ1v) is 11.5. The largest absolute Gasteiger partial charge is 0.395 e. The summed E-state index contributed by atoms with van der Waals surface area (Å²) in [7, 11) is -3.79.